The number of ether oxygens (including phenoxy) is 2. The maximum atomic E-state index is 12.4. The van der Waals surface area contributed by atoms with E-state index in [0.29, 0.717) is 29.7 Å². The van der Waals surface area contributed by atoms with Crippen LogP contribution in [-0.4, -0.2) is 25.3 Å². The van der Waals surface area contributed by atoms with Crippen molar-refractivity contribution in [2.45, 2.75) is 26.7 Å². The van der Waals surface area contributed by atoms with Gasteiger partial charge in [-0.25, -0.2) is 4.79 Å². The Hall–Kier alpha value is -3.01. The van der Waals surface area contributed by atoms with Crippen molar-refractivity contribution in [3.05, 3.63) is 70.8 Å². The lowest BCUT2D eigenvalue weighted by molar-refractivity contribution is 0.0597. The lowest BCUT2D eigenvalue weighted by Crippen LogP contribution is -2.08. The zero-order valence-corrected chi connectivity index (χ0v) is 16.3. The summed E-state index contributed by atoms with van der Waals surface area (Å²) in [6.07, 6.45) is 3.06. The number of methoxy groups -OCH3 is 2. The summed E-state index contributed by atoms with van der Waals surface area (Å²) < 4.78 is 10.4. The third kappa shape index (κ3) is 4.79. The van der Waals surface area contributed by atoms with Gasteiger partial charge in [0.05, 0.1) is 14.2 Å². The van der Waals surface area contributed by atoms with Crippen LogP contribution in [0.4, 0.5) is 0 Å². The third-order valence-corrected chi connectivity index (χ3v) is 4.41. The summed E-state index contributed by atoms with van der Waals surface area (Å²) in [5, 5.41) is 10.8. The number of hydrogen-bond acceptors (Lipinski definition) is 4. The van der Waals surface area contributed by atoms with Crippen molar-refractivity contribution in [2.24, 2.45) is 0 Å². The van der Waals surface area contributed by atoms with E-state index < -0.39 is 5.97 Å². The van der Waals surface area contributed by atoms with E-state index in [4.69, 9.17) is 9.47 Å². The molecule has 4 heteroatoms. The molecule has 0 aliphatic rings. The molecule has 0 atom stereocenters. The van der Waals surface area contributed by atoms with Gasteiger partial charge in [0.25, 0.3) is 0 Å². The maximum absolute atomic E-state index is 12.4. The number of carbonyl (C=O) groups is 1. The quantitative estimate of drug-likeness (QED) is 0.413. The Kier molecular flexibility index (Phi) is 6.83. The Balaban J connectivity index is 2.64. The first kappa shape index (κ1) is 20.3. The summed E-state index contributed by atoms with van der Waals surface area (Å²) in [6, 6.07) is 11.6. The number of rotatable bonds is 7. The molecule has 142 valence electrons. The van der Waals surface area contributed by atoms with Crippen molar-refractivity contribution in [3.63, 3.8) is 0 Å². The zero-order chi connectivity index (χ0) is 20.0. The fourth-order valence-electron chi connectivity index (χ4n) is 2.91. The highest BCUT2D eigenvalue weighted by Gasteiger charge is 2.23. The van der Waals surface area contributed by atoms with Crippen molar-refractivity contribution >= 4 is 17.6 Å². The summed E-state index contributed by atoms with van der Waals surface area (Å²) in [5.74, 6) is -0.151. The Labute approximate surface area is 160 Å². The maximum Gasteiger partial charge on any atom is 0.342 e. The molecular formula is C23H26O4. The fourth-order valence-corrected chi connectivity index (χ4v) is 2.91. The van der Waals surface area contributed by atoms with E-state index in [0.717, 1.165) is 16.7 Å². The standard InChI is InChI=1S/C23H26O4/c1-15(2)11-12-19-20(26-4)14-18(21(22(19)24)23(25)27-5)13-16(3)17-9-7-6-8-10-17/h6-10,13-14,24H,1,11-12H2,2-5H3. The van der Waals surface area contributed by atoms with Gasteiger partial charge in [0.2, 0.25) is 0 Å². The number of esters is 1. The molecule has 0 fully saturated rings. The highest BCUT2D eigenvalue weighted by molar-refractivity contribution is 5.99. The fraction of sp³-hybridized carbons (Fsp3) is 0.261. The predicted octanol–water partition coefficient (Wildman–Crippen LogP) is 5.26. The minimum atomic E-state index is -0.584. The van der Waals surface area contributed by atoms with Gasteiger partial charge in [0, 0.05) is 5.56 Å². The van der Waals surface area contributed by atoms with Gasteiger partial charge in [0.1, 0.15) is 17.1 Å². The van der Waals surface area contributed by atoms with Crippen LogP contribution in [0, 0.1) is 0 Å². The second kappa shape index (κ2) is 9.08. The molecule has 0 aliphatic heterocycles. The zero-order valence-electron chi connectivity index (χ0n) is 16.3. The van der Waals surface area contributed by atoms with E-state index in [1.165, 1.54) is 7.11 Å². The Morgan fingerprint density at radius 3 is 2.41 bits per heavy atom. The molecule has 0 aliphatic carbocycles. The van der Waals surface area contributed by atoms with Crippen LogP contribution in [-0.2, 0) is 11.2 Å². The molecule has 0 saturated heterocycles. The monoisotopic (exact) mass is 366 g/mol. The first-order valence-electron chi connectivity index (χ1n) is 8.78. The van der Waals surface area contributed by atoms with E-state index in [1.54, 1.807) is 13.2 Å². The van der Waals surface area contributed by atoms with Crippen LogP contribution in [0.3, 0.4) is 0 Å². The highest BCUT2D eigenvalue weighted by Crippen LogP contribution is 2.37. The van der Waals surface area contributed by atoms with E-state index in [2.05, 4.69) is 6.58 Å². The Morgan fingerprint density at radius 1 is 1.19 bits per heavy atom. The first-order valence-corrected chi connectivity index (χ1v) is 8.78. The van der Waals surface area contributed by atoms with Gasteiger partial charge in [-0.15, -0.1) is 6.58 Å². The first-order chi connectivity index (χ1) is 12.9. The van der Waals surface area contributed by atoms with Crippen molar-refractivity contribution < 1.29 is 19.4 Å². The van der Waals surface area contributed by atoms with E-state index in [-0.39, 0.29) is 11.3 Å². The number of hydrogen-bond donors (Lipinski definition) is 1. The van der Waals surface area contributed by atoms with Gasteiger partial charge in [0.15, 0.2) is 0 Å². The minimum absolute atomic E-state index is 0.102. The molecule has 2 aromatic carbocycles. The number of aromatic hydroxyl groups is 1. The molecule has 4 nitrogen and oxygen atoms in total. The van der Waals surface area contributed by atoms with Crippen LogP contribution < -0.4 is 4.74 Å². The number of phenols is 1. The molecule has 0 saturated carbocycles. The van der Waals surface area contributed by atoms with Crippen molar-refractivity contribution in [1.29, 1.82) is 0 Å². The molecule has 2 rings (SSSR count). The topological polar surface area (TPSA) is 55.8 Å². The molecule has 0 aromatic heterocycles. The molecule has 0 spiro atoms. The van der Waals surface area contributed by atoms with Crippen LogP contribution in [0.5, 0.6) is 11.5 Å². The number of allylic oxidation sites excluding steroid dienone is 2. The average molecular weight is 366 g/mol. The summed E-state index contributed by atoms with van der Waals surface area (Å²) >= 11 is 0. The molecule has 0 amide bonds. The lowest BCUT2D eigenvalue weighted by atomic mass is 9.94. The molecule has 0 heterocycles. The van der Waals surface area contributed by atoms with Gasteiger partial charge in [-0.05, 0) is 49.5 Å². The number of phenolic OH excluding ortho intramolecular Hbond substituents is 1. The SMILES string of the molecule is C=C(C)CCc1c(OC)cc(C=C(C)c2ccccc2)c(C(=O)OC)c1O. The van der Waals surface area contributed by atoms with Crippen molar-refractivity contribution in [3.8, 4) is 11.5 Å². The molecule has 27 heavy (non-hydrogen) atoms. The highest BCUT2D eigenvalue weighted by atomic mass is 16.5. The van der Waals surface area contributed by atoms with E-state index >= 15 is 0 Å². The molecular weight excluding hydrogens is 340 g/mol. The second-order valence-corrected chi connectivity index (χ2v) is 6.51. The molecule has 0 radical (unpaired) electrons. The summed E-state index contributed by atoms with van der Waals surface area (Å²) in [4.78, 5) is 12.4. The smallest absolute Gasteiger partial charge is 0.342 e. The van der Waals surface area contributed by atoms with Gasteiger partial charge in [-0.3, -0.25) is 0 Å². The largest absolute Gasteiger partial charge is 0.507 e. The second-order valence-electron chi connectivity index (χ2n) is 6.51. The molecule has 2 aromatic rings. The lowest BCUT2D eigenvalue weighted by Gasteiger charge is -2.16. The predicted molar refractivity (Wildman–Crippen MR) is 109 cm³/mol. The van der Waals surface area contributed by atoms with E-state index in [9.17, 15) is 9.90 Å². The van der Waals surface area contributed by atoms with Crippen molar-refractivity contribution in [2.75, 3.05) is 14.2 Å². The molecule has 1 N–H and O–H groups in total. The minimum Gasteiger partial charge on any atom is -0.507 e. The van der Waals surface area contributed by atoms with Crippen LogP contribution in [0.2, 0.25) is 0 Å². The summed E-state index contributed by atoms with van der Waals surface area (Å²) in [5.41, 5.74) is 4.24. The van der Waals surface area contributed by atoms with Crippen LogP contribution in [0.15, 0.2) is 48.6 Å². The number of carbonyl (C=O) groups excluding carboxylic acids is 1. The van der Waals surface area contributed by atoms with Crippen LogP contribution >= 0.6 is 0 Å². The molecule has 0 bridgehead atoms. The summed E-state index contributed by atoms with van der Waals surface area (Å²) in [6.45, 7) is 7.77. The van der Waals surface area contributed by atoms with Crippen LogP contribution in [0.25, 0.3) is 11.6 Å². The third-order valence-electron chi connectivity index (χ3n) is 4.41. The van der Waals surface area contributed by atoms with Gasteiger partial charge in [-0.1, -0.05) is 42.0 Å². The Bertz CT molecular complexity index is 864. The van der Waals surface area contributed by atoms with Gasteiger partial charge in [-0.2, -0.15) is 0 Å². The molecule has 0 unspecified atom stereocenters. The number of benzene rings is 2. The van der Waals surface area contributed by atoms with E-state index in [1.807, 2.05) is 50.3 Å². The normalized spacial score (nSPS) is 11.2. The average Bonchev–Trinajstić information content (AvgIpc) is 2.66. The Morgan fingerprint density at radius 2 is 1.85 bits per heavy atom. The van der Waals surface area contributed by atoms with Crippen molar-refractivity contribution in [1.82, 2.24) is 0 Å². The van der Waals surface area contributed by atoms with Gasteiger partial charge < -0.3 is 14.6 Å². The summed E-state index contributed by atoms with van der Waals surface area (Å²) in [7, 11) is 2.85. The van der Waals surface area contributed by atoms with Gasteiger partial charge >= 0.3 is 5.97 Å². The van der Waals surface area contributed by atoms with Crippen LogP contribution in [0.1, 0.15) is 47.3 Å².